The molecule has 0 saturated carbocycles. The largest absolute Gasteiger partial charge is 0.416 e. The van der Waals surface area contributed by atoms with Crippen LogP contribution in [0, 0.1) is 0 Å². The van der Waals surface area contributed by atoms with E-state index in [1.54, 1.807) is 6.08 Å². The molecule has 1 aliphatic carbocycles. The second-order valence-corrected chi connectivity index (χ2v) is 11.6. The number of benzene rings is 2. The molecule has 118 valence electrons. The second-order valence-electron chi connectivity index (χ2n) is 7.08. The number of hydrogen-bond donors (Lipinski definition) is 0. The third kappa shape index (κ3) is 1.84. The maximum Gasteiger partial charge on any atom is 0.416 e. The summed E-state index contributed by atoms with van der Waals surface area (Å²) in [5.41, 5.74) is 4.24. The molecule has 1 atom stereocenters. The number of fused-ring (bicyclic) bond motifs is 1. The topological polar surface area (TPSA) is 0 Å². The smallest absolute Gasteiger partial charge is 0.166 e. The molecular weight excluding hydrogens is 313 g/mol. The molecule has 2 aliphatic rings. The summed E-state index contributed by atoms with van der Waals surface area (Å²) in [5, 5.41) is 0.951. The molecule has 0 amide bonds. The summed E-state index contributed by atoms with van der Waals surface area (Å²) in [6.45, 7) is 6.37. The van der Waals surface area contributed by atoms with Crippen LogP contribution in [0.3, 0.4) is 0 Å². The Morgan fingerprint density at radius 2 is 1.70 bits per heavy atom. The molecule has 2 aromatic rings. The number of alkyl halides is 3. The molecule has 4 rings (SSSR count). The predicted octanol–water partition coefficient (Wildman–Crippen LogP) is 5.34. The Kier molecular flexibility index (Phi) is 2.81. The van der Waals surface area contributed by atoms with E-state index < -0.39 is 19.8 Å². The lowest BCUT2D eigenvalue weighted by atomic mass is 9.93. The molecule has 1 aliphatic heterocycles. The van der Waals surface area contributed by atoms with Crippen molar-refractivity contribution in [1.82, 2.24) is 0 Å². The summed E-state index contributed by atoms with van der Waals surface area (Å²) in [4.78, 5) is 0. The highest BCUT2D eigenvalue weighted by atomic mass is 28.3. The van der Waals surface area contributed by atoms with Crippen LogP contribution >= 0.6 is 0 Å². The van der Waals surface area contributed by atoms with E-state index in [0.717, 1.165) is 27.5 Å². The average Bonchev–Trinajstić information content (AvgIpc) is 2.89. The lowest BCUT2D eigenvalue weighted by molar-refractivity contribution is -0.137. The van der Waals surface area contributed by atoms with Gasteiger partial charge in [0.15, 0.2) is 0 Å². The van der Waals surface area contributed by atoms with Gasteiger partial charge in [0.25, 0.3) is 0 Å². The molecule has 1 heterocycles. The zero-order valence-corrected chi connectivity index (χ0v) is 14.3. The fraction of sp³-hybridized carbons (Fsp3) is 0.263. The third-order valence-electron chi connectivity index (χ3n) is 5.31. The normalized spacial score (nSPS) is 20.8. The molecular formula is C19H17F3Si. The molecule has 0 spiro atoms. The molecule has 0 fully saturated rings. The van der Waals surface area contributed by atoms with E-state index in [2.05, 4.69) is 13.1 Å². The summed E-state index contributed by atoms with van der Waals surface area (Å²) >= 11 is 0. The Bertz CT molecular complexity index is 845. The SMILES string of the molecule is CC1=Cc2c(C(F)(F)F)cc3c(-c4ccccc4)c2C1[Si]3(C)C. The summed E-state index contributed by atoms with van der Waals surface area (Å²) < 4.78 is 40.6. The van der Waals surface area contributed by atoms with E-state index in [1.165, 1.54) is 6.07 Å². The monoisotopic (exact) mass is 330 g/mol. The summed E-state index contributed by atoms with van der Waals surface area (Å²) in [6.07, 6.45) is -2.53. The van der Waals surface area contributed by atoms with E-state index in [1.807, 2.05) is 37.3 Å². The van der Waals surface area contributed by atoms with Crippen LogP contribution in [-0.4, -0.2) is 8.07 Å². The first kappa shape index (κ1) is 14.8. The molecule has 1 unspecified atom stereocenters. The zero-order valence-electron chi connectivity index (χ0n) is 13.3. The van der Waals surface area contributed by atoms with Crippen LogP contribution in [0.25, 0.3) is 17.2 Å². The molecule has 0 aromatic heterocycles. The van der Waals surface area contributed by atoms with Crippen molar-refractivity contribution in [3.8, 4) is 11.1 Å². The van der Waals surface area contributed by atoms with Crippen molar-refractivity contribution >= 4 is 19.3 Å². The van der Waals surface area contributed by atoms with Crippen molar-refractivity contribution in [1.29, 1.82) is 0 Å². The lowest BCUT2D eigenvalue weighted by Crippen LogP contribution is -2.43. The van der Waals surface area contributed by atoms with E-state index in [4.69, 9.17) is 0 Å². The predicted molar refractivity (Wildman–Crippen MR) is 90.4 cm³/mol. The van der Waals surface area contributed by atoms with Crippen LogP contribution in [0.4, 0.5) is 13.2 Å². The fourth-order valence-corrected chi connectivity index (χ4v) is 8.45. The molecule has 0 saturated heterocycles. The first-order valence-corrected chi connectivity index (χ1v) is 10.8. The van der Waals surface area contributed by atoms with Crippen molar-refractivity contribution in [3.05, 3.63) is 58.7 Å². The van der Waals surface area contributed by atoms with Gasteiger partial charge in [-0.25, -0.2) is 0 Å². The van der Waals surface area contributed by atoms with Crippen molar-refractivity contribution in [2.45, 2.75) is 31.7 Å². The van der Waals surface area contributed by atoms with Gasteiger partial charge >= 0.3 is 6.18 Å². The molecule has 0 N–H and O–H groups in total. The standard InChI is InChI=1S/C19H17F3Si/c1-11-9-13-14(19(20,21)22)10-15-16(12-7-5-4-6-8-12)17(13)18(11)23(15,2)3/h4-10,18H,1-3H3. The van der Waals surface area contributed by atoms with Crippen LogP contribution in [-0.2, 0) is 6.18 Å². The average molecular weight is 330 g/mol. The van der Waals surface area contributed by atoms with Crippen LogP contribution in [0.2, 0.25) is 13.1 Å². The summed E-state index contributed by atoms with van der Waals surface area (Å²) in [5.74, 6) is 0. The third-order valence-corrected chi connectivity index (χ3v) is 9.28. The molecule has 23 heavy (non-hydrogen) atoms. The minimum atomic E-state index is -4.30. The van der Waals surface area contributed by atoms with Crippen LogP contribution < -0.4 is 5.19 Å². The summed E-state index contributed by atoms with van der Waals surface area (Å²) in [6, 6.07) is 11.3. The van der Waals surface area contributed by atoms with Gasteiger partial charge in [-0.15, -0.1) is 0 Å². The molecule has 2 bridgehead atoms. The van der Waals surface area contributed by atoms with Crippen molar-refractivity contribution in [2.75, 3.05) is 0 Å². The number of rotatable bonds is 1. The second kappa shape index (κ2) is 4.38. The quantitative estimate of drug-likeness (QED) is 0.619. The van der Waals surface area contributed by atoms with Crippen LogP contribution in [0.5, 0.6) is 0 Å². The van der Waals surface area contributed by atoms with Gasteiger partial charge in [-0.3, -0.25) is 0 Å². The van der Waals surface area contributed by atoms with E-state index in [0.29, 0.717) is 5.56 Å². The van der Waals surface area contributed by atoms with Gasteiger partial charge in [0.1, 0.15) is 0 Å². The first-order chi connectivity index (χ1) is 10.7. The van der Waals surface area contributed by atoms with Gasteiger partial charge < -0.3 is 0 Å². The fourth-order valence-electron chi connectivity index (χ4n) is 4.46. The van der Waals surface area contributed by atoms with E-state index in [-0.39, 0.29) is 5.54 Å². The lowest BCUT2D eigenvalue weighted by Gasteiger charge is -2.26. The highest BCUT2D eigenvalue weighted by Crippen LogP contribution is 2.54. The zero-order chi connectivity index (χ0) is 16.6. The highest BCUT2D eigenvalue weighted by Gasteiger charge is 2.51. The number of hydrogen-bond acceptors (Lipinski definition) is 0. The van der Waals surface area contributed by atoms with E-state index >= 15 is 0 Å². The Morgan fingerprint density at radius 3 is 2.30 bits per heavy atom. The van der Waals surface area contributed by atoms with Gasteiger partial charge in [-0.2, -0.15) is 13.2 Å². The molecule has 0 nitrogen and oxygen atoms in total. The van der Waals surface area contributed by atoms with Gasteiger partial charge in [-0.1, -0.05) is 60.3 Å². The van der Waals surface area contributed by atoms with Crippen LogP contribution in [0.1, 0.15) is 29.2 Å². The number of halogens is 3. The maximum absolute atomic E-state index is 13.5. The number of allylic oxidation sites excluding steroid dienone is 1. The molecule has 0 radical (unpaired) electrons. The highest BCUT2D eigenvalue weighted by molar-refractivity contribution is 6.94. The first-order valence-electron chi connectivity index (χ1n) is 7.75. The Hall–Kier alpha value is -1.81. The van der Waals surface area contributed by atoms with Crippen molar-refractivity contribution in [3.63, 3.8) is 0 Å². The van der Waals surface area contributed by atoms with Gasteiger partial charge in [0.2, 0.25) is 0 Å². The minimum absolute atomic E-state index is 0.179. The minimum Gasteiger partial charge on any atom is -0.166 e. The van der Waals surface area contributed by atoms with Gasteiger partial charge in [0, 0.05) is 5.54 Å². The van der Waals surface area contributed by atoms with Crippen LogP contribution in [0.15, 0.2) is 42.0 Å². The Labute approximate surface area is 134 Å². The Morgan fingerprint density at radius 1 is 1.04 bits per heavy atom. The van der Waals surface area contributed by atoms with Crippen molar-refractivity contribution in [2.24, 2.45) is 0 Å². The van der Waals surface area contributed by atoms with Gasteiger partial charge in [-0.05, 0) is 35.2 Å². The molecule has 2 aromatic carbocycles. The maximum atomic E-state index is 13.5. The molecule has 4 heteroatoms. The van der Waals surface area contributed by atoms with E-state index in [9.17, 15) is 13.2 Å². The Balaban J connectivity index is 2.12. The summed E-state index contributed by atoms with van der Waals surface area (Å²) in [7, 11) is -2.01. The van der Waals surface area contributed by atoms with Crippen molar-refractivity contribution < 1.29 is 13.2 Å². The van der Waals surface area contributed by atoms with Gasteiger partial charge in [0.05, 0.1) is 13.6 Å².